The van der Waals surface area contributed by atoms with Crippen LogP contribution in [0.3, 0.4) is 0 Å². The summed E-state index contributed by atoms with van der Waals surface area (Å²) in [5.41, 5.74) is 0. The first-order chi connectivity index (χ1) is 8.80. The molecule has 0 radical (unpaired) electrons. The molecule has 0 aliphatic carbocycles. The average Bonchev–Trinajstić information content (AvgIpc) is 2.81. The van der Waals surface area contributed by atoms with Crippen LogP contribution in [0.15, 0.2) is 0 Å². The number of rotatable bonds is 6. The molecular formula is C14H25N3O. The van der Waals surface area contributed by atoms with Crippen molar-refractivity contribution < 1.29 is 5.11 Å². The first kappa shape index (κ1) is 13.5. The van der Waals surface area contributed by atoms with E-state index < -0.39 is 0 Å². The Morgan fingerprint density at radius 1 is 1.28 bits per heavy atom. The Morgan fingerprint density at radius 3 is 2.61 bits per heavy atom. The largest absolute Gasteiger partial charge is 0.396 e. The van der Waals surface area contributed by atoms with E-state index >= 15 is 0 Å². The molecule has 0 saturated heterocycles. The molecule has 1 atom stereocenters. The Bertz CT molecular complexity index is 369. The normalized spacial score (nSPS) is 19.2. The van der Waals surface area contributed by atoms with E-state index in [9.17, 15) is 5.11 Å². The third-order valence-corrected chi connectivity index (χ3v) is 3.97. The van der Waals surface area contributed by atoms with Crippen molar-refractivity contribution in [1.82, 2.24) is 14.8 Å². The van der Waals surface area contributed by atoms with Crippen molar-refractivity contribution in [2.24, 2.45) is 5.92 Å². The molecule has 4 nitrogen and oxygen atoms in total. The summed E-state index contributed by atoms with van der Waals surface area (Å²) in [4.78, 5) is 0. The minimum Gasteiger partial charge on any atom is -0.396 e. The molecule has 18 heavy (non-hydrogen) atoms. The highest BCUT2D eigenvalue weighted by Crippen LogP contribution is 2.28. The van der Waals surface area contributed by atoms with E-state index in [0.29, 0.717) is 11.8 Å². The molecule has 0 saturated carbocycles. The summed E-state index contributed by atoms with van der Waals surface area (Å²) in [7, 11) is 0. The number of hydrogen-bond donors (Lipinski definition) is 1. The Labute approximate surface area is 109 Å². The van der Waals surface area contributed by atoms with Gasteiger partial charge in [0.05, 0.1) is 0 Å². The van der Waals surface area contributed by atoms with Crippen LogP contribution in [0.5, 0.6) is 0 Å². The maximum atomic E-state index is 9.34. The second kappa shape index (κ2) is 6.32. The number of fused-ring (bicyclic) bond motifs is 1. The van der Waals surface area contributed by atoms with Crippen molar-refractivity contribution in [3.05, 3.63) is 11.6 Å². The summed E-state index contributed by atoms with van der Waals surface area (Å²) in [5, 5.41) is 18.1. The highest BCUT2D eigenvalue weighted by molar-refractivity contribution is 5.05. The zero-order valence-electron chi connectivity index (χ0n) is 11.6. The fraction of sp³-hybridized carbons (Fsp3) is 0.857. The van der Waals surface area contributed by atoms with Crippen LogP contribution < -0.4 is 0 Å². The maximum absolute atomic E-state index is 9.34. The van der Waals surface area contributed by atoms with Crippen LogP contribution in [-0.2, 0) is 13.0 Å². The van der Waals surface area contributed by atoms with E-state index in [4.69, 9.17) is 0 Å². The second-order valence-corrected chi connectivity index (χ2v) is 5.45. The minimum absolute atomic E-state index is 0.281. The van der Waals surface area contributed by atoms with Crippen molar-refractivity contribution in [3.8, 4) is 0 Å². The number of aryl methyl sites for hydroxylation is 1. The van der Waals surface area contributed by atoms with Gasteiger partial charge in [-0.25, -0.2) is 0 Å². The number of hydrogen-bond acceptors (Lipinski definition) is 3. The van der Waals surface area contributed by atoms with Gasteiger partial charge in [-0.3, -0.25) is 0 Å². The first-order valence-corrected chi connectivity index (χ1v) is 7.32. The van der Waals surface area contributed by atoms with Gasteiger partial charge in [0.15, 0.2) is 0 Å². The Morgan fingerprint density at radius 2 is 2.00 bits per heavy atom. The third kappa shape index (κ3) is 2.74. The maximum Gasteiger partial charge on any atom is 0.136 e. The van der Waals surface area contributed by atoms with Gasteiger partial charge in [0.25, 0.3) is 0 Å². The summed E-state index contributed by atoms with van der Waals surface area (Å²) >= 11 is 0. The van der Waals surface area contributed by atoms with Crippen molar-refractivity contribution in [2.45, 2.75) is 64.8 Å². The third-order valence-electron chi connectivity index (χ3n) is 3.97. The van der Waals surface area contributed by atoms with Gasteiger partial charge < -0.3 is 9.67 Å². The van der Waals surface area contributed by atoms with Crippen LogP contribution in [0.1, 0.15) is 63.5 Å². The van der Waals surface area contributed by atoms with E-state index in [2.05, 4.69) is 28.6 Å². The summed E-state index contributed by atoms with van der Waals surface area (Å²) in [6.45, 7) is 5.64. The summed E-state index contributed by atoms with van der Waals surface area (Å²) in [6.07, 6.45) is 6.77. The summed E-state index contributed by atoms with van der Waals surface area (Å²) in [6, 6.07) is 0. The fourth-order valence-corrected chi connectivity index (χ4v) is 2.97. The molecule has 4 heteroatoms. The van der Waals surface area contributed by atoms with Gasteiger partial charge in [0.2, 0.25) is 0 Å². The fourth-order valence-electron chi connectivity index (χ4n) is 2.97. The van der Waals surface area contributed by atoms with Crippen LogP contribution in [0.4, 0.5) is 0 Å². The first-order valence-electron chi connectivity index (χ1n) is 7.32. The molecule has 2 heterocycles. The topological polar surface area (TPSA) is 50.9 Å². The molecule has 1 unspecified atom stereocenters. The molecule has 0 bridgehead atoms. The van der Waals surface area contributed by atoms with Gasteiger partial charge in [0.1, 0.15) is 11.6 Å². The lowest BCUT2D eigenvalue weighted by atomic mass is 9.95. The molecule has 1 aliphatic rings. The van der Waals surface area contributed by atoms with Crippen LogP contribution in [0.2, 0.25) is 0 Å². The van der Waals surface area contributed by atoms with Crippen LogP contribution in [0.25, 0.3) is 0 Å². The van der Waals surface area contributed by atoms with E-state index in [-0.39, 0.29) is 6.61 Å². The van der Waals surface area contributed by atoms with Crippen molar-refractivity contribution in [2.75, 3.05) is 6.61 Å². The molecule has 1 aliphatic heterocycles. The van der Waals surface area contributed by atoms with Gasteiger partial charge >= 0.3 is 0 Å². The van der Waals surface area contributed by atoms with Crippen LogP contribution in [0, 0.1) is 5.92 Å². The lowest BCUT2D eigenvalue weighted by Crippen LogP contribution is -2.25. The van der Waals surface area contributed by atoms with Gasteiger partial charge in [-0.1, -0.05) is 26.7 Å². The molecule has 1 N–H and O–H groups in total. The molecule has 0 spiro atoms. The van der Waals surface area contributed by atoms with E-state index in [0.717, 1.165) is 31.0 Å². The van der Waals surface area contributed by atoms with Gasteiger partial charge in [-0.15, -0.1) is 10.2 Å². The molecule has 1 aromatic rings. The number of aliphatic hydroxyl groups excluding tert-OH is 1. The molecular weight excluding hydrogens is 226 g/mol. The molecule has 102 valence electrons. The van der Waals surface area contributed by atoms with Crippen LogP contribution >= 0.6 is 0 Å². The highest BCUT2D eigenvalue weighted by atomic mass is 16.3. The summed E-state index contributed by atoms with van der Waals surface area (Å²) in [5.74, 6) is 3.20. The molecule has 0 amide bonds. The van der Waals surface area contributed by atoms with E-state index in [1.807, 2.05) is 0 Å². The number of nitrogens with zero attached hydrogens (tertiary/aromatic N) is 3. The lowest BCUT2D eigenvalue weighted by molar-refractivity contribution is 0.188. The van der Waals surface area contributed by atoms with Crippen molar-refractivity contribution in [1.29, 1.82) is 0 Å². The average molecular weight is 251 g/mol. The molecule has 2 rings (SSSR count). The number of aromatic nitrogens is 3. The molecule has 0 fully saturated rings. The lowest BCUT2D eigenvalue weighted by Gasteiger charge is -2.24. The summed E-state index contributed by atoms with van der Waals surface area (Å²) < 4.78 is 2.28. The van der Waals surface area contributed by atoms with E-state index in [1.54, 1.807) is 0 Å². The van der Waals surface area contributed by atoms with Crippen molar-refractivity contribution in [3.63, 3.8) is 0 Å². The van der Waals surface area contributed by atoms with Crippen molar-refractivity contribution >= 4 is 0 Å². The predicted molar refractivity (Wildman–Crippen MR) is 71.5 cm³/mol. The van der Waals surface area contributed by atoms with Crippen LogP contribution in [-0.4, -0.2) is 26.5 Å². The molecule has 1 aromatic heterocycles. The van der Waals surface area contributed by atoms with Gasteiger partial charge in [-0.2, -0.15) is 0 Å². The molecule has 0 aromatic carbocycles. The smallest absolute Gasteiger partial charge is 0.136 e. The second-order valence-electron chi connectivity index (χ2n) is 5.45. The van der Waals surface area contributed by atoms with Gasteiger partial charge in [-0.05, 0) is 19.3 Å². The van der Waals surface area contributed by atoms with Gasteiger partial charge in [0, 0.05) is 31.4 Å². The van der Waals surface area contributed by atoms with E-state index in [1.165, 1.54) is 25.7 Å². The monoisotopic (exact) mass is 251 g/mol. The number of aliphatic hydroxyl groups is 1. The Balaban J connectivity index is 2.20. The predicted octanol–water partition coefficient (Wildman–Crippen LogP) is 2.52. The quantitative estimate of drug-likeness (QED) is 0.845. The SMILES string of the molecule is CCCC(CCC)c1nnc2n1CC(CO)CC2. The Hall–Kier alpha value is -0.900. The Kier molecular flexibility index (Phi) is 4.75. The zero-order valence-corrected chi connectivity index (χ0v) is 11.6. The highest BCUT2D eigenvalue weighted by Gasteiger charge is 2.25. The standard InChI is InChI=1S/C14H25N3O/c1-3-5-12(6-4-2)14-16-15-13-8-7-11(10-18)9-17(13)14/h11-12,18H,3-10H2,1-2H3. The minimum atomic E-state index is 0.281. The zero-order chi connectivity index (χ0) is 13.0.